The third-order valence-electron chi connectivity index (χ3n) is 2.36. The molecule has 0 aliphatic carbocycles. The zero-order valence-electron chi connectivity index (χ0n) is 11.6. The molecule has 4 heteroatoms. The second-order valence-corrected chi connectivity index (χ2v) is 4.64. The molecule has 0 bridgehead atoms. The number of nitrogens with one attached hydrogen (secondary N) is 2. The van der Waals surface area contributed by atoms with Gasteiger partial charge in [0.05, 0.1) is 6.61 Å². The molecule has 0 fully saturated rings. The molecule has 0 spiro atoms. The Labute approximate surface area is 105 Å². The van der Waals surface area contributed by atoms with E-state index in [1.165, 1.54) is 0 Å². The minimum absolute atomic E-state index is 0.125. The van der Waals surface area contributed by atoms with Crippen LogP contribution >= 0.6 is 0 Å². The predicted octanol–water partition coefficient (Wildman–Crippen LogP) is 1.55. The van der Waals surface area contributed by atoms with Gasteiger partial charge in [-0.25, -0.2) is 0 Å². The van der Waals surface area contributed by atoms with E-state index in [1.54, 1.807) is 0 Å². The van der Waals surface area contributed by atoms with E-state index in [-0.39, 0.29) is 5.91 Å². The van der Waals surface area contributed by atoms with Crippen molar-refractivity contribution in [2.45, 2.75) is 40.0 Å². The monoisotopic (exact) mass is 244 g/mol. The third-order valence-corrected chi connectivity index (χ3v) is 2.36. The molecule has 17 heavy (non-hydrogen) atoms. The number of rotatable bonds is 11. The van der Waals surface area contributed by atoms with Gasteiger partial charge < -0.3 is 15.4 Å². The SMILES string of the molecule is CCCNC(=O)CCNCCOCCC(C)C. The van der Waals surface area contributed by atoms with Crippen LogP contribution in [0.4, 0.5) is 0 Å². The second kappa shape index (κ2) is 11.9. The maximum Gasteiger partial charge on any atom is 0.221 e. The molecule has 0 radical (unpaired) electrons. The summed E-state index contributed by atoms with van der Waals surface area (Å²) in [4.78, 5) is 11.2. The number of amides is 1. The second-order valence-electron chi connectivity index (χ2n) is 4.64. The fourth-order valence-electron chi connectivity index (χ4n) is 1.25. The van der Waals surface area contributed by atoms with Gasteiger partial charge in [0.25, 0.3) is 0 Å². The van der Waals surface area contributed by atoms with Crippen molar-refractivity contribution in [2.24, 2.45) is 5.92 Å². The summed E-state index contributed by atoms with van der Waals surface area (Å²) in [6.07, 6.45) is 2.65. The Bertz CT molecular complexity index is 184. The molecule has 102 valence electrons. The Morgan fingerprint density at radius 3 is 2.59 bits per heavy atom. The molecule has 4 nitrogen and oxygen atoms in total. The lowest BCUT2D eigenvalue weighted by Gasteiger charge is -2.07. The predicted molar refractivity (Wildman–Crippen MR) is 71.1 cm³/mol. The van der Waals surface area contributed by atoms with E-state index in [2.05, 4.69) is 24.5 Å². The first-order valence-electron chi connectivity index (χ1n) is 6.72. The van der Waals surface area contributed by atoms with Crippen LogP contribution in [0.15, 0.2) is 0 Å². The highest BCUT2D eigenvalue weighted by atomic mass is 16.5. The molecule has 0 aromatic rings. The Kier molecular flexibility index (Phi) is 11.4. The summed E-state index contributed by atoms with van der Waals surface area (Å²) in [5.41, 5.74) is 0. The van der Waals surface area contributed by atoms with Crippen LogP contribution in [0.1, 0.15) is 40.0 Å². The quantitative estimate of drug-likeness (QED) is 0.542. The fraction of sp³-hybridized carbons (Fsp3) is 0.923. The minimum Gasteiger partial charge on any atom is -0.380 e. The molecule has 0 heterocycles. The smallest absolute Gasteiger partial charge is 0.221 e. The molecular weight excluding hydrogens is 216 g/mol. The molecule has 0 aliphatic heterocycles. The van der Waals surface area contributed by atoms with Crippen LogP contribution in [-0.2, 0) is 9.53 Å². The largest absolute Gasteiger partial charge is 0.380 e. The van der Waals surface area contributed by atoms with Crippen molar-refractivity contribution in [1.29, 1.82) is 0 Å². The molecule has 0 aromatic carbocycles. The lowest BCUT2D eigenvalue weighted by Crippen LogP contribution is -2.29. The van der Waals surface area contributed by atoms with Gasteiger partial charge >= 0.3 is 0 Å². The average molecular weight is 244 g/mol. The van der Waals surface area contributed by atoms with Gasteiger partial charge in [-0.3, -0.25) is 4.79 Å². The number of ether oxygens (including phenoxy) is 1. The molecule has 0 aromatic heterocycles. The van der Waals surface area contributed by atoms with Crippen molar-refractivity contribution in [1.82, 2.24) is 10.6 Å². The number of carbonyl (C=O) groups excluding carboxylic acids is 1. The number of carbonyl (C=O) groups is 1. The van der Waals surface area contributed by atoms with E-state index in [4.69, 9.17) is 4.74 Å². The van der Waals surface area contributed by atoms with Gasteiger partial charge in [-0.15, -0.1) is 0 Å². The normalized spacial score (nSPS) is 10.8. The molecule has 1 amide bonds. The first kappa shape index (κ1) is 16.4. The van der Waals surface area contributed by atoms with Crippen LogP contribution in [0, 0.1) is 5.92 Å². The lowest BCUT2D eigenvalue weighted by molar-refractivity contribution is -0.120. The summed E-state index contributed by atoms with van der Waals surface area (Å²) < 4.78 is 5.45. The zero-order valence-corrected chi connectivity index (χ0v) is 11.6. The summed E-state index contributed by atoms with van der Waals surface area (Å²) in [6.45, 7) is 10.3. The summed E-state index contributed by atoms with van der Waals surface area (Å²) >= 11 is 0. The molecule has 0 aliphatic rings. The van der Waals surface area contributed by atoms with E-state index >= 15 is 0 Å². The maximum atomic E-state index is 11.2. The Morgan fingerprint density at radius 2 is 1.94 bits per heavy atom. The topological polar surface area (TPSA) is 50.4 Å². The van der Waals surface area contributed by atoms with E-state index in [0.29, 0.717) is 12.3 Å². The van der Waals surface area contributed by atoms with E-state index in [9.17, 15) is 4.79 Å². The van der Waals surface area contributed by atoms with E-state index in [0.717, 1.165) is 45.7 Å². The van der Waals surface area contributed by atoms with E-state index < -0.39 is 0 Å². The van der Waals surface area contributed by atoms with Gasteiger partial charge in [-0.1, -0.05) is 20.8 Å². The Hall–Kier alpha value is -0.610. The highest BCUT2D eigenvalue weighted by Gasteiger charge is 1.98. The van der Waals surface area contributed by atoms with Crippen LogP contribution in [0.3, 0.4) is 0 Å². The summed E-state index contributed by atoms with van der Waals surface area (Å²) in [6, 6.07) is 0. The summed E-state index contributed by atoms with van der Waals surface area (Å²) in [7, 11) is 0. The van der Waals surface area contributed by atoms with Crippen molar-refractivity contribution in [3.8, 4) is 0 Å². The van der Waals surface area contributed by atoms with Gasteiger partial charge in [-0.2, -0.15) is 0 Å². The van der Waals surface area contributed by atoms with Crippen molar-refractivity contribution in [3.05, 3.63) is 0 Å². The number of hydrogen-bond acceptors (Lipinski definition) is 3. The van der Waals surface area contributed by atoms with Crippen molar-refractivity contribution < 1.29 is 9.53 Å². The zero-order chi connectivity index (χ0) is 12.9. The van der Waals surface area contributed by atoms with Gasteiger partial charge in [0.15, 0.2) is 0 Å². The lowest BCUT2D eigenvalue weighted by atomic mass is 10.1. The average Bonchev–Trinajstić information content (AvgIpc) is 2.29. The van der Waals surface area contributed by atoms with Crippen molar-refractivity contribution >= 4 is 5.91 Å². The maximum absolute atomic E-state index is 11.2. The van der Waals surface area contributed by atoms with E-state index in [1.807, 2.05) is 6.92 Å². The van der Waals surface area contributed by atoms with Crippen molar-refractivity contribution in [3.63, 3.8) is 0 Å². The van der Waals surface area contributed by atoms with Gasteiger partial charge in [0.2, 0.25) is 5.91 Å². The minimum atomic E-state index is 0.125. The van der Waals surface area contributed by atoms with Crippen LogP contribution in [0.25, 0.3) is 0 Å². The standard InChI is InChI=1S/C13H28N2O2/c1-4-7-15-13(16)5-8-14-9-11-17-10-6-12(2)3/h12,14H,4-11H2,1-3H3,(H,15,16). The first-order chi connectivity index (χ1) is 8.16. The first-order valence-corrected chi connectivity index (χ1v) is 6.72. The molecular formula is C13H28N2O2. The third kappa shape index (κ3) is 13.3. The van der Waals surface area contributed by atoms with Crippen molar-refractivity contribution in [2.75, 3.05) is 32.8 Å². The van der Waals surface area contributed by atoms with Crippen LogP contribution in [0.2, 0.25) is 0 Å². The molecule has 0 saturated heterocycles. The van der Waals surface area contributed by atoms with Gasteiger partial charge in [0, 0.05) is 32.7 Å². The highest BCUT2D eigenvalue weighted by molar-refractivity contribution is 5.75. The van der Waals surface area contributed by atoms with Gasteiger partial charge in [-0.05, 0) is 18.8 Å². The molecule has 2 N–H and O–H groups in total. The Balaban J connectivity index is 3.10. The molecule has 0 rings (SSSR count). The van der Waals surface area contributed by atoms with Crippen LogP contribution in [0.5, 0.6) is 0 Å². The van der Waals surface area contributed by atoms with Crippen LogP contribution < -0.4 is 10.6 Å². The summed E-state index contributed by atoms with van der Waals surface area (Å²) in [5, 5.41) is 6.04. The Morgan fingerprint density at radius 1 is 1.18 bits per heavy atom. The highest BCUT2D eigenvalue weighted by Crippen LogP contribution is 1.98. The molecule has 0 unspecified atom stereocenters. The fourth-order valence-corrected chi connectivity index (χ4v) is 1.25. The van der Waals surface area contributed by atoms with Gasteiger partial charge in [0.1, 0.15) is 0 Å². The number of hydrogen-bond donors (Lipinski definition) is 2. The molecule has 0 atom stereocenters. The van der Waals surface area contributed by atoms with Crippen LogP contribution in [-0.4, -0.2) is 38.8 Å². The molecule has 0 saturated carbocycles. The summed E-state index contributed by atoms with van der Waals surface area (Å²) in [5.74, 6) is 0.824.